The topological polar surface area (TPSA) is 142 Å². The van der Waals surface area contributed by atoms with Crippen LogP contribution in [0.2, 0.25) is 0 Å². The molecular formula is C36H35NO8S. The van der Waals surface area contributed by atoms with Crippen LogP contribution in [0.3, 0.4) is 0 Å². The number of aliphatic hydroxyl groups is 1. The van der Waals surface area contributed by atoms with Crippen LogP contribution in [0.1, 0.15) is 64.3 Å². The van der Waals surface area contributed by atoms with E-state index in [0.29, 0.717) is 12.2 Å². The van der Waals surface area contributed by atoms with Crippen LogP contribution in [0.5, 0.6) is 0 Å². The Hall–Kier alpha value is -4.48. The predicted octanol–water partition coefficient (Wildman–Crippen LogP) is 6.36. The summed E-state index contributed by atoms with van der Waals surface area (Å²) in [6, 6.07) is 30.2. The Morgan fingerprint density at radius 1 is 0.783 bits per heavy atom. The molecule has 10 heteroatoms. The summed E-state index contributed by atoms with van der Waals surface area (Å²) in [5.41, 5.74) is 5.67. The average Bonchev–Trinajstić information content (AvgIpc) is 3.09. The van der Waals surface area contributed by atoms with E-state index in [4.69, 9.17) is 14.6 Å². The molecule has 9 nitrogen and oxygen atoms in total. The highest BCUT2D eigenvalue weighted by molar-refractivity contribution is 7.99. The molecule has 4 aromatic rings. The van der Waals surface area contributed by atoms with Crippen LogP contribution in [0, 0.1) is 0 Å². The van der Waals surface area contributed by atoms with Crippen molar-refractivity contribution in [3.63, 3.8) is 0 Å². The largest absolute Gasteiger partial charge is 0.481 e. The van der Waals surface area contributed by atoms with E-state index in [1.807, 2.05) is 72.8 Å². The number of thioether (sulfide) groups is 1. The Labute approximate surface area is 271 Å². The molecule has 1 heterocycles. The zero-order valence-electron chi connectivity index (χ0n) is 25.0. The van der Waals surface area contributed by atoms with Crippen LogP contribution >= 0.6 is 11.8 Å². The van der Waals surface area contributed by atoms with Gasteiger partial charge in [-0.05, 0) is 64.2 Å². The number of carboxylic acid groups (broad SMARTS) is 2. The second-order valence-corrected chi connectivity index (χ2v) is 12.1. The number of aliphatic hydroxyl groups excluding tert-OH is 1. The molecule has 1 amide bonds. The van der Waals surface area contributed by atoms with Crippen LogP contribution in [0.4, 0.5) is 0 Å². The number of hydrogen-bond acceptors (Lipinski definition) is 7. The Morgan fingerprint density at radius 2 is 1.50 bits per heavy atom. The number of rotatable bonds is 13. The van der Waals surface area contributed by atoms with Crippen molar-refractivity contribution in [2.45, 2.75) is 55.8 Å². The maximum Gasteiger partial charge on any atom is 0.335 e. The van der Waals surface area contributed by atoms with Gasteiger partial charge in [0, 0.05) is 35.6 Å². The highest BCUT2D eigenvalue weighted by atomic mass is 32.2. The minimum atomic E-state index is -1.01. The van der Waals surface area contributed by atoms with E-state index in [-0.39, 0.29) is 49.7 Å². The molecule has 0 bridgehead atoms. The molecule has 1 fully saturated rings. The van der Waals surface area contributed by atoms with Gasteiger partial charge in [0.15, 0.2) is 6.29 Å². The van der Waals surface area contributed by atoms with Gasteiger partial charge in [-0.3, -0.25) is 9.59 Å². The molecule has 0 aliphatic carbocycles. The van der Waals surface area contributed by atoms with Gasteiger partial charge in [0.25, 0.3) is 0 Å². The molecule has 3 unspecified atom stereocenters. The van der Waals surface area contributed by atoms with Crippen molar-refractivity contribution >= 4 is 29.6 Å². The summed E-state index contributed by atoms with van der Waals surface area (Å²) < 4.78 is 13.0. The number of benzene rings is 4. The standard InChI is InChI=1S/C36H35NO8S/c38-21-23-7-9-25(10-8-23)32-19-30(22-46-31-13-11-26(12-14-31)35(42)43)44-36(45-32)29-6-2-5-28(18-29)27-4-1-3-24(17-27)20-37-33(39)15-16-34(40)41/h1-14,17-18,30,32,36,38H,15-16,19-22H2,(H,37,39)(H,40,41)(H,42,43). The quantitative estimate of drug-likeness (QED) is 0.123. The Bertz CT molecular complexity index is 1660. The first kappa shape index (κ1) is 32.9. The van der Waals surface area contributed by atoms with Gasteiger partial charge in [0.1, 0.15) is 0 Å². The number of aliphatic carboxylic acids is 1. The number of aromatic carboxylic acids is 1. The van der Waals surface area contributed by atoms with E-state index in [9.17, 15) is 24.6 Å². The van der Waals surface area contributed by atoms with E-state index in [1.165, 1.54) is 0 Å². The lowest BCUT2D eigenvalue weighted by atomic mass is 9.99. The van der Waals surface area contributed by atoms with E-state index in [2.05, 4.69) is 5.32 Å². The number of hydrogen-bond donors (Lipinski definition) is 4. The third kappa shape index (κ3) is 9.04. The molecule has 238 valence electrons. The molecule has 1 saturated heterocycles. The summed E-state index contributed by atoms with van der Waals surface area (Å²) in [5.74, 6) is -1.65. The highest BCUT2D eigenvalue weighted by Crippen LogP contribution is 2.40. The lowest BCUT2D eigenvalue weighted by Crippen LogP contribution is -2.31. The van der Waals surface area contributed by atoms with Crippen molar-refractivity contribution < 1.29 is 39.2 Å². The lowest BCUT2D eigenvalue weighted by molar-refractivity contribution is -0.245. The van der Waals surface area contributed by atoms with E-state index in [0.717, 1.165) is 38.3 Å². The van der Waals surface area contributed by atoms with Gasteiger partial charge in [-0.1, -0.05) is 60.7 Å². The van der Waals surface area contributed by atoms with Crippen molar-refractivity contribution in [2.24, 2.45) is 0 Å². The maximum absolute atomic E-state index is 12.0. The smallest absolute Gasteiger partial charge is 0.335 e. The molecule has 46 heavy (non-hydrogen) atoms. The fourth-order valence-electron chi connectivity index (χ4n) is 5.14. The summed E-state index contributed by atoms with van der Waals surface area (Å²) >= 11 is 1.59. The minimum absolute atomic E-state index is 0.0391. The molecular weight excluding hydrogens is 606 g/mol. The zero-order chi connectivity index (χ0) is 32.5. The summed E-state index contributed by atoms with van der Waals surface area (Å²) in [6.07, 6.45) is -0.715. The van der Waals surface area contributed by atoms with Crippen molar-refractivity contribution in [1.29, 1.82) is 0 Å². The van der Waals surface area contributed by atoms with Crippen molar-refractivity contribution in [3.8, 4) is 11.1 Å². The van der Waals surface area contributed by atoms with Gasteiger partial charge in [-0.15, -0.1) is 11.8 Å². The van der Waals surface area contributed by atoms with Gasteiger partial charge in [0.2, 0.25) is 5.91 Å². The molecule has 3 atom stereocenters. The summed E-state index contributed by atoms with van der Waals surface area (Å²) in [6.45, 7) is 0.249. The van der Waals surface area contributed by atoms with Gasteiger partial charge < -0.3 is 30.1 Å². The maximum atomic E-state index is 12.0. The van der Waals surface area contributed by atoms with Crippen molar-refractivity contribution in [2.75, 3.05) is 5.75 Å². The van der Waals surface area contributed by atoms with Crippen molar-refractivity contribution in [3.05, 3.63) is 125 Å². The number of nitrogens with one attached hydrogen (secondary N) is 1. The van der Waals surface area contributed by atoms with Crippen LogP contribution < -0.4 is 5.32 Å². The molecule has 0 saturated carbocycles. The number of amides is 1. The fraction of sp³-hybridized carbons (Fsp3) is 0.250. The van der Waals surface area contributed by atoms with Crippen molar-refractivity contribution in [1.82, 2.24) is 5.32 Å². The van der Waals surface area contributed by atoms with Gasteiger partial charge in [0.05, 0.1) is 30.8 Å². The first-order chi connectivity index (χ1) is 22.3. The third-order valence-electron chi connectivity index (χ3n) is 7.63. The second kappa shape index (κ2) is 15.7. The zero-order valence-corrected chi connectivity index (χ0v) is 25.8. The fourth-order valence-corrected chi connectivity index (χ4v) is 6.06. The molecule has 0 aromatic heterocycles. The minimum Gasteiger partial charge on any atom is -0.481 e. The van der Waals surface area contributed by atoms with Crippen LogP contribution in [0.15, 0.2) is 102 Å². The second-order valence-electron chi connectivity index (χ2n) is 11.0. The summed E-state index contributed by atoms with van der Waals surface area (Å²) in [7, 11) is 0. The number of ether oxygens (including phenoxy) is 2. The predicted molar refractivity (Wildman–Crippen MR) is 173 cm³/mol. The van der Waals surface area contributed by atoms with E-state index < -0.39 is 18.2 Å². The third-order valence-corrected chi connectivity index (χ3v) is 8.77. The number of carbonyl (C=O) groups excluding carboxylic acids is 1. The van der Waals surface area contributed by atoms with Gasteiger partial charge >= 0.3 is 11.9 Å². The number of carbonyl (C=O) groups is 3. The SMILES string of the molecule is O=C(O)CCC(=O)NCc1cccc(-c2cccc(C3OC(CSc4ccc(C(=O)O)cc4)CC(c4ccc(CO)cc4)O3)c2)c1. The average molecular weight is 642 g/mol. The first-order valence-electron chi connectivity index (χ1n) is 14.9. The molecule has 0 radical (unpaired) electrons. The van der Waals surface area contributed by atoms with Crippen LogP contribution in [-0.2, 0) is 32.2 Å². The monoisotopic (exact) mass is 641 g/mol. The summed E-state index contributed by atoms with van der Waals surface area (Å²) in [5, 5.41) is 30.3. The summed E-state index contributed by atoms with van der Waals surface area (Å²) in [4.78, 5) is 34.9. The normalized spacial score (nSPS) is 17.7. The Kier molecular flexibility index (Phi) is 11.2. The molecule has 1 aliphatic heterocycles. The highest BCUT2D eigenvalue weighted by Gasteiger charge is 2.32. The molecule has 4 aromatic carbocycles. The Balaban J connectivity index is 1.32. The van der Waals surface area contributed by atoms with Gasteiger partial charge in [-0.25, -0.2) is 4.79 Å². The van der Waals surface area contributed by atoms with Gasteiger partial charge in [-0.2, -0.15) is 0 Å². The molecule has 0 spiro atoms. The number of carboxylic acids is 2. The molecule has 4 N–H and O–H groups in total. The lowest BCUT2D eigenvalue weighted by Gasteiger charge is -2.36. The van der Waals surface area contributed by atoms with E-state index >= 15 is 0 Å². The first-order valence-corrected chi connectivity index (χ1v) is 15.9. The molecule has 1 aliphatic rings. The Morgan fingerprint density at radius 3 is 2.20 bits per heavy atom. The van der Waals surface area contributed by atoms with E-state index in [1.54, 1.807) is 36.0 Å². The molecule has 5 rings (SSSR count). The van der Waals surface area contributed by atoms with Crippen LogP contribution in [-0.4, -0.2) is 45.0 Å². The van der Waals surface area contributed by atoms with Crippen LogP contribution in [0.25, 0.3) is 11.1 Å².